The van der Waals surface area contributed by atoms with Crippen LogP contribution in [-0.2, 0) is 14.3 Å². The Hall–Kier alpha value is -3.00. The number of aliphatic carboxylic acids is 1. The SMILES string of the molecule is CSCC[C@H](NC(=O)OCC1c2ccccc2-c2ccccc21)C(=O)NC1CCC(C(=O)O)CC1. The number of nitrogens with one attached hydrogen (secondary N) is 2. The maximum absolute atomic E-state index is 12.9. The summed E-state index contributed by atoms with van der Waals surface area (Å²) in [4.78, 5) is 36.8. The second-order valence-corrected chi connectivity index (χ2v) is 10.2. The molecule has 0 radical (unpaired) electrons. The average Bonchev–Trinajstić information content (AvgIpc) is 3.19. The first-order valence-electron chi connectivity index (χ1n) is 12.1. The molecule has 2 amide bonds. The number of alkyl carbamates (subject to hydrolysis) is 1. The van der Waals surface area contributed by atoms with E-state index in [2.05, 4.69) is 34.9 Å². The third kappa shape index (κ3) is 5.99. The Balaban J connectivity index is 1.34. The second kappa shape index (κ2) is 11.6. The fraction of sp³-hybridized carbons (Fsp3) is 0.444. The summed E-state index contributed by atoms with van der Waals surface area (Å²) in [6.45, 7) is 0.190. The van der Waals surface area contributed by atoms with E-state index in [-0.39, 0.29) is 30.4 Å². The number of carbonyl (C=O) groups is 3. The molecule has 2 aromatic rings. The zero-order valence-electron chi connectivity index (χ0n) is 19.9. The quantitative estimate of drug-likeness (QED) is 0.475. The molecule has 35 heavy (non-hydrogen) atoms. The Morgan fingerprint density at radius 2 is 1.60 bits per heavy atom. The van der Waals surface area contributed by atoms with Gasteiger partial charge in [-0.2, -0.15) is 11.8 Å². The molecule has 0 saturated heterocycles. The number of benzene rings is 2. The molecular weight excluding hydrogens is 464 g/mol. The van der Waals surface area contributed by atoms with Crippen molar-refractivity contribution in [3.8, 4) is 11.1 Å². The van der Waals surface area contributed by atoms with Crippen LogP contribution < -0.4 is 10.6 Å². The molecule has 186 valence electrons. The molecule has 7 nitrogen and oxygen atoms in total. The van der Waals surface area contributed by atoms with Gasteiger partial charge in [0, 0.05) is 12.0 Å². The van der Waals surface area contributed by atoms with Gasteiger partial charge in [-0.1, -0.05) is 48.5 Å². The van der Waals surface area contributed by atoms with Crippen LogP contribution in [0.25, 0.3) is 11.1 Å². The summed E-state index contributed by atoms with van der Waals surface area (Å²) in [6, 6.07) is 15.5. The van der Waals surface area contributed by atoms with E-state index >= 15 is 0 Å². The maximum Gasteiger partial charge on any atom is 0.407 e. The van der Waals surface area contributed by atoms with Crippen LogP contribution in [0.1, 0.15) is 49.1 Å². The van der Waals surface area contributed by atoms with Gasteiger partial charge in [0.1, 0.15) is 12.6 Å². The standard InChI is InChI=1S/C27H32N2O5S/c1-35-15-14-24(25(30)28-18-12-10-17(11-13-18)26(31)32)29-27(33)34-16-23-21-8-4-2-6-19(21)20-7-3-5-9-22(20)23/h2-9,17-18,23-24H,10-16H2,1H3,(H,28,30)(H,29,33)(H,31,32)/t17?,18?,24-/m0/s1. The molecule has 3 N–H and O–H groups in total. The fourth-order valence-electron chi connectivity index (χ4n) is 5.07. The molecular formula is C27H32N2O5S. The zero-order valence-corrected chi connectivity index (χ0v) is 20.7. The number of fused-ring (bicyclic) bond motifs is 3. The number of hydrogen-bond acceptors (Lipinski definition) is 5. The molecule has 1 fully saturated rings. The molecule has 2 aromatic carbocycles. The van der Waals surface area contributed by atoms with Gasteiger partial charge >= 0.3 is 12.1 Å². The van der Waals surface area contributed by atoms with Crippen LogP contribution in [0.15, 0.2) is 48.5 Å². The van der Waals surface area contributed by atoms with Crippen molar-refractivity contribution in [2.75, 3.05) is 18.6 Å². The molecule has 1 atom stereocenters. The first kappa shape index (κ1) is 25.1. The lowest BCUT2D eigenvalue weighted by molar-refractivity contribution is -0.142. The number of hydrogen-bond donors (Lipinski definition) is 3. The van der Waals surface area contributed by atoms with Gasteiger partial charge in [-0.25, -0.2) is 4.79 Å². The topological polar surface area (TPSA) is 105 Å². The van der Waals surface area contributed by atoms with E-state index in [1.807, 2.05) is 30.5 Å². The van der Waals surface area contributed by atoms with Crippen molar-refractivity contribution < 1.29 is 24.2 Å². The van der Waals surface area contributed by atoms with Gasteiger partial charge in [0.2, 0.25) is 5.91 Å². The molecule has 0 spiro atoms. The number of amides is 2. The summed E-state index contributed by atoms with van der Waals surface area (Å²) in [7, 11) is 0. The van der Waals surface area contributed by atoms with E-state index in [0.717, 1.165) is 22.3 Å². The highest BCUT2D eigenvalue weighted by Gasteiger charge is 2.31. The van der Waals surface area contributed by atoms with Crippen LogP contribution in [0, 0.1) is 5.92 Å². The average molecular weight is 497 g/mol. The van der Waals surface area contributed by atoms with E-state index in [1.165, 1.54) is 0 Å². The summed E-state index contributed by atoms with van der Waals surface area (Å²) in [5, 5.41) is 14.9. The maximum atomic E-state index is 12.9. The van der Waals surface area contributed by atoms with E-state index < -0.39 is 18.1 Å². The summed E-state index contributed by atoms with van der Waals surface area (Å²) in [6.07, 6.45) is 4.19. The highest BCUT2D eigenvalue weighted by atomic mass is 32.2. The molecule has 4 rings (SSSR count). The molecule has 0 heterocycles. The van der Waals surface area contributed by atoms with Gasteiger partial charge in [0.05, 0.1) is 5.92 Å². The van der Waals surface area contributed by atoms with Gasteiger partial charge in [-0.15, -0.1) is 0 Å². The van der Waals surface area contributed by atoms with Crippen molar-refractivity contribution in [2.45, 2.75) is 50.1 Å². The number of thioether (sulfide) groups is 1. The highest BCUT2D eigenvalue weighted by molar-refractivity contribution is 7.98. The molecule has 0 unspecified atom stereocenters. The predicted molar refractivity (Wildman–Crippen MR) is 137 cm³/mol. The number of ether oxygens (including phenoxy) is 1. The van der Waals surface area contributed by atoms with Crippen LogP contribution in [0.5, 0.6) is 0 Å². The second-order valence-electron chi connectivity index (χ2n) is 9.20. The van der Waals surface area contributed by atoms with Crippen LogP contribution in [0.4, 0.5) is 4.79 Å². The van der Waals surface area contributed by atoms with Crippen LogP contribution in [0.2, 0.25) is 0 Å². The largest absolute Gasteiger partial charge is 0.481 e. The lowest BCUT2D eigenvalue weighted by Gasteiger charge is -2.28. The Bertz CT molecular complexity index is 1020. The van der Waals surface area contributed by atoms with Gasteiger partial charge < -0.3 is 20.5 Å². The molecule has 0 aromatic heterocycles. The van der Waals surface area contributed by atoms with E-state index in [1.54, 1.807) is 11.8 Å². The summed E-state index contributed by atoms with van der Waals surface area (Å²) >= 11 is 1.60. The smallest absolute Gasteiger partial charge is 0.407 e. The van der Waals surface area contributed by atoms with Crippen LogP contribution >= 0.6 is 11.8 Å². The van der Waals surface area contributed by atoms with Crippen LogP contribution in [0.3, 0.4) is 0 Å². The van der Waals surface area contributed by atoms with E-state index in [0.29, 0.717) is 37.9 Å². The lowest BCUT2D eigenvalue weighted by atomic mass is 9.86. The molecule has 2 aliphatic rings. The molecule has 8 heteroatoms. The Morgan fingerprint density at radius 1 is 1.00 bits per heavy atom. The third-order valence-electron chi connectivity index (χ3n) is 6.99. The molecule has 2 aliphatic carbocycles. The number of carboxylic acid groups (broad SMARTS) is 1. The third-order valence-corrected chi connectivity index (χ3v) is 7.63. The predicted octanol–water partition coefficient (Wildman–Crippen LogP) is 4.41. The van der Waals surface area contributed by atoms with Crippen molar-refractivity contribution in [1.29, 1.82) is 0 Å². The van der Waals surface area contributed by atoms with E-state index in [4.69, 9.17) is 4.74 Å². The number of rotatable bonds is 9. The minimum absolute atomic E-state index is 0.0453. The van der Waals surface area contributed by atoms with Crippen molar-refractivity contribution in [3.63, 3.8) is 0 Å². The van der Waals surface area contributed by atoms with Gasteiger partial charge in [-0.3, -0.25) is 9.59 Å². The summed E-state index contributed by atoms with van der Waals surface area (Å²) in [5.41, 5.74) is 4.59. The van der Waals surface area contributed by atoms with Crippen molar-refractivity contribution in [3.05, 3.63) is 59.7 Å². The molecule has 1 saturated carbocycles. The molecule has 0 bridgehead atoms. The van der Waals surface area contributed by atoms with Crippen molar-refractivity contribution >= 4 is 29.7 Å². The Labute approximate surface area is 210 Å². The van der Waals surface area contributed by atoms with Gasteiger partial charge in [0.25, 0.3) is 0 Å². The van der Waals surface area contributed by atoms with Crippen LogP contribution in [-0.4, -0.2) is 53.8 Å². The van der Waals surface area contributed by atoms with Crippen molar-refractivity contribution in [1.82, 2.24) is 10.6 Å². The number of carbonyl (C=O) groups excluding carboxylic acids is 2. The summed E-state index contributed by atoms with van der Waals surface area (Å²) in [5.74, 6) is -0.686. The van der Waals surface area contributed by atoms with Gasteiger partial charge in [0.15, 0.2) is 0 Å². The first-order chi connectivity index (χ1) is 17.0. The highest BCUT2D eigenvalue weighted by Crippen LogP contribution is 2.44. The molecule has 0 aliphatic heterocycles. The van der Waals surface area contributed by atoms with E-state index in [9.17, 15) is 19.5 Å². The normalized spacial score (nSPS) is 19.8. The minimum Gasteiger partial charge on any atom is -0.481 e. The Morgan fingerprint density at radius 3 is 2.17 bits per heavy atom. The lowest BCUT2D eigenvalue weighted by Crippen LogP contribution is -2.50. The Kier molecular flexibility index (Phi) is 8.33. The van der Waals surface area contributed by atoms with Gasteiger partial charge in [-0.05, 0) is 66.4 Å². The van der Waals surface area contributed by atoms with Crippen molar-refractivity contribution in [2.24, 2.45) is 5.92 Å². The zero-order chi connectivity index (χ0) is 24.8. The number of carboxylic acids is 1. The fourth-order valence-corrected chi connectivity index (χ4v) is 5.54. The first-order valence-corrected chi connectivity index (χ1v) is 13.5. The summed E-state index contributed by atoms with van der Waals surface area (Å²) < 4.78 is 5.63. The monoisotopic (exact) mass is 496 g/mol. The minimum atomic E-state index is -0.774.